The molecule has 0 aromatic rings. The van der Waals surface area contributed by atoms with Crippen LogP contribution in [0, 0.1) is 46.3 Å². The first-order valence-corrected chi connectivity index (χ1v) is 13.0. The predicted molar refractivity (Wildman–Crippen MR) is 124 cm³/mol. The van der Waals surface area contributed by atoms with E-state index in [0.717, 1.165) is 12.8 Å². The van der Waals surface area contributed by atoms with Crippen LogP contribution >= 0.6 is 0 Å². The molecule has 6 aliphatic rings. The maximum Gasteiger partial charge on any atom is 0.130 e. The van der Waals surface area contributed by atoms with Crippen LogP contribution in [-0.2, 0) is 9.78 Å². The summed E-state index contributed by atoms with van der Waals surface area (Å²) >= 11 is 0. The average Bonchev–Trinajstić information content (AvgIpc) is 3.09. The van der Waals surface area contributed by atoms with Gasteiger partial charge in [0.15, 0.2) is 0 Å². The molecule has 0 amide bonds. The minimum atomic E-state index is -0.439. The molecular formula is C28H44O3. The maximum atomic E-state index is 10.4. The van der Waals surface area contributed by atoms with Crippen LogP contribution in [0.1, 0.15) is 86.5 Å². The molecule has 3 nitrogen and oxygen atoms in total. The first-order chi connectivity index (χ1) is 14.6. The summed E-state index contributed by atoms with van der Waals surface area (Å²) in [5, 5.41) is 10.4. The van der Waals surface area contributed by atoms with Gasteiger partial charge < -0.3 is 5.11 Å². The van der Waals surface area contributed by atoms with E-state index in [0.29, 0.717) is 41.9 Å². The van der Waals surface area contributed by atoms with Crippen molar-refractivity contribution in [1.29, 1.82) is 0 Å². The van der Waals surface area contributed by atoms with E-state index in [1.54, 1.807) is 0 Å². The summed E-state index contributed by atoms with van der Waals surface area (Å²) in [6, 6.07) is 0. The average molecular weight is 429 g/mol. The van der Waals surface area contributed by atoms with Crippen LogP contribution in [0.3, 0.4) is 0 Å². The molecule has 0 aromatic carbocycles. The van der Waals surface area contributed by atoms with Crippen molar-refractivity contribution in [1.82, 2.24) is 0 Å². The van der Waals surface area contributed by atoms with Crippen molar-refractivity contribution in [2.24, 2.45) is 46.3 Å². The Morgan fingerprint density at radius 3 is 2.35 bits per heavy atom. The van der Waals surface area contributed by atoms with Crippen LogP contribution in [0.2, 0.25) is 0 Å². The van der Waals surface area contributed by atoms with E-state index in [9.17, 15) is 5.11 Å². The zero-order chi connectivity index (χ0) is 22.2. The zero-order valence-corrected chi connectivity index (χ0v) is 20.6. The highest BCUT2D eigenvalue weighted by Crippen LogP contribution is 2.72. The van der Waals surface area contributed by atoms with E-state index in [4.69, 9.17) is 9.78 Å². The summed E-state index contributed by atoms with van der Waals surface area (Å²) in [6.07, 6.45) is 17.0. The van der Waals surface area contributed by atoms with Gasteiger partial charge in [-0.2, -0.15) is 0 Å². The zero-order valence-electron chi connectivity index (χ0n) is 20.6. The van der Waals surface area contributed by atoms with Crippen LogP contribution in [0.25, 0.3) is 0 Å². The van der Waals surface area contributed by atoms with Gasteiger partial charge in [-0.3, -0.25) is 0 Å². The molecule has 0 aromatic heterocycles. The molecule has 3 saturated carbocycles. The Bertz CT molecular complexity index is 772. The number of aliphatic hydroxyl groups excluding tert-OH is 1. The molecule has 31 heavy (non-hydrogen) atoms. The number of hydrogen-bond donors (Lipinski definition) is 1. The minimum Gasteiger partial charge on any atom is -0.393 e. The summed E-state index contributed by atoms with van der Waals surface area (Å²) < 4.78 is 0. The van der Waals surface area contributed by atoms with Gasteiger partial charge in [-0.1, -0.05) is 59.8 Å². The largest absolute Gasteiger partial charge is 0.393 e. The molecule has 0 radical (unpaired) electrons. The van der Waals surface area contributed by atoms with Gasteiger partial charge in [0.25, 0.3) is 0 Å². The molecule has 4 aliphatic carbocycles. The van der Waals surface area contributed by atoms with Gasteiger partial charge in [0.2, 0.25) is 0 Å². The van der Waals surface area contributed by atoms with Crippen molar-refractivity contribution in [3.63, 3.8) is 0 Å². The van der Waals surface area contributed by atoms with E-state index < -0.39 is 5.60 Å². The predicted octanol–water partition coefficient (Wildman–Crippen LogP) is 6.47. The third-order valence-electron chi connectivity index (χ3n) is 11.1. The van der Waals surface area contributed by atoms with Crippen molar-refractivity contribution in [2.45, 2.75) is 104 Å². The lowest BCUT2D eigenvalue weighted by atomic mass is 9.43. The van der Waals surface area contributed by atoms with Crippen LogP contribution in [-0.4, -0.2) is 22.4 Å². The third kappa shape index (κ3) is 2.88. The number of hydrogen-bond acceptors (Lipinski definition) is 3. The number of aliphatic hydroxyl groups is 1. The molecule has 174 valence electrons. The van der Waals surface area contributed by atoms with Crippen molar-refractivity contribution < 1.29 is 14.9 Å². The highest BCUT2D eigenvalue weighted by atomic mass is 17.2. The van der Waals surface area contributed by atoms with Crippen molar-refractivity contribution in [2.75, 3.05) is 0 Å². The quantitative estimate of drug-likeness (QED) is 0.412. The standard InChI is InChI=1S/C28H44O3/c1-18(2)19(3)7-8-20(4)22-9-10-23-25(22,5)13-12-24-26(6)14-11-21(29)17-27(26)15-16-28(23,24)31-30-27/h7-8,15-16,18-24,29H,9-14,17H2,1-6H3/b8-7+/t19-,20-,21-,22+,23+,24+,25+,26+,27-,28+/m0/s1. The second-order valence-corrected chi connectivity index (χ2v) is 12.7. The van der Waals surface area contributed by atoms with Crippen LogP contribution in [0.15, 0.2) is 24.3 Å². The SMILES string of the molecule is CC(C)[C@@H](C)/C=C/[C@H](C)[C@H]1CC[C@@H]2[C@]1(C)CC[C@H]1[C@@]23C=C[C@@]2(C[C@@H](O)CC[C@]12C)OO3. The minimum absolute atomic E-state index is 0.0663. The topological polar surface area (TPSA) is 38.7 Å². The van der Waals surface area contributed by atoms with Gasteiger partial charge in [0, 0.05) is 23.7 Å². The molecule has 0 unspecified atom stereocenters. The second-order valence-electron chi connectivity index (χ2n) is 12.7. The van der Waals surface area contributed by atoms with Crippen molar-refractivity contribution in [3.8, 4) is 0 Å². The summed E-state index contributed by atoms with van der Waals surface area (Å²) in [6.45, 7) is 14.4. The molecule has 4 fully saturated rings. The van der Waals surface area contributed by atoms with Gasteiger partial charge in [0.1, 0.15) is 11.2 Å². The monoisotopic (exact) mass is 428 g/mol. The van der Waals surface area contributed by atoms with Crippen LogP contribution in [0.4, 0.5) is 0 Å². The number of fused-ring (bicyclic) bond motifs is 2. The molecule has 2 heterocycles. The second kappa shape index (κ2) is 7.18. The Hall–Kier alpha value is -0.640. The Morgan fingerprint density at radius 1 is 0.903 bits per heavy atom. The fourth-order valence-electron chi connectivity index (χ4n) is 8.71. The van der Waals surface area contributed by atoms with Gasteiger partial charge >= 0.3 is 0 Å². The summed E-state index contributed by atoms with van der Waals surface area (Å²) in [5.74, 6) is 3.64. The molecule has 1 N–H and O–H groups in total. The maximum absolute atomic E-state index is 10.4. The first kappa shape index (κ1) is 22.2. The van der Waals surface area contributed by atoms with Gasteiger partial charge in [0.05, 0.1) is 6.10 Å². The Labute approximate surface area is 189 Å². The Morgan fingerprint density at radius 2 is 1.68 bits per heavy atom. The van der Waals surface area contributed by atoms with Gasteiger partial charge in [-0.25, -0.2) is 9.78 Å². The highest BCUT2D eigenvalue weighted by molar-refractivity contribution is 5.33. The molecule has 2 aliphatic heterocycles. The fourth-order valence-corrected chi connectivity index (χ4v) is 8.71. The van der Waals surface area contributed by atoms with E-state index in [1.165, 1.54) is 25.7 Å². The molecular weight excluding hydrogens is 384 g/mol. The lowest BCUT2D eigenvalue weighted by Crippen LogP contribution is -2.73. The van der Waals surface area contributed by atoms with Gasteiger partial charge in [-0.05, 0) is 73.7 Å². The van der Waals surface area contributed by atoms with E-state index in [-0.39, 0.29) is 22.5 Å². The molecule has 2 bridgehead atoms. The lowest BCUT2D eigenvalue weighted by Gasteiger charge is -2.69. The molecule has 2 spiro atoms. The number of allylic oxidation sites excluding steroid dienone is 2. The third-order valence-corrected chi connectivity index (χ3v) is 11.1. The molecule has 6 rings (SSSR count). The Kier molecular flexibility index (Phi) is 5.13. The summed E-state index contributed by atoms with van der Waals surface area (Å²) in [7, 11) is 0. The molecule has 10 atom stereocenters. The fraction of sp³-hybridized carbons (Fsp3) is 0.857. The summed E-state index contributed by atoms with van der Waals surface area (Å²) in [4.78, 5) is 12.8. The van der Waals surface area contributed by atoms with Gasteiger partial charge in [-0.15, -0.1) is 0 Å². The van der Waals surface area contributed by atoms with E-state index in [2.05, 4.69) is 65.8 Å². The molecule has 3 heteroatoms. The summed E-state index contributed by atoms with van der Waals surface area (Å²) in [5.41, 5.74) is -0.366. The smallest absolute Gasteiger partial charge is 0.130 e. The number of rotatable bonds is 4. The van der Waals surface area contributed by atoms with Crippen molar-refractivity contribution >= 4 is 0 Å². The van der Waals surface area contributed by atoms with Crippen molar-refractivity contribution in [3.05, 3.63) is 24.3 Å². The first-order valence-electron chi connectivity index (χ1n) is 13.0. The van der Waals surface area contributed by atoms with Crippen LogP contribution < -0.4 is 0 Å². The molecule has 1 saturated heterocycles. The highest BCUT2D eigenvalue weighted by Gasteiger charge is 2.74. The van der Waals surface area contributed by atoms with E-state index in [1.807, 2.05) is 0 Å². The normalized spacial score (nSPS) is 52.8. The van der Waals surface area contributed by atoms with Crippen LogP contribution in [0.5, 0.6) is 0 Å². The lowest BCUT2D eigenvalue weighted by molar-refractivity contribution is -0.497. The Balaban J connectivity index is 1.45. The van der Waals surface area contributed by atoms with E-state index >= 15 is 0 Å².